The SMILES string of the molecule is CC#N.CCN(CCc1ccccc1)C(C)CCc1ccc(C2CCC(F)CC2)cc1. The molecule has 1 aliphatic carbocycles. The minimum absolute atomic E-state index is 0.563. The van der Waals surface area contributed by atoms with Crippen LogP contribution in [0.15, 0.2) is 54.6 Å². The van der Waals surface area contributed by atoms with Crippen LogP contribution in [-0.4, -0.2) is 30.2 Å². The Balaban J connectivity index is 0.00000107. The molecule has 0 N–H and O–H groups in total. The van der Waals surface area contributed by atoms with Crippen LogP contribution in [0.4, 0.5) is 4.39 Å². The van der Waals surface area contributed by atoms with Crippen LogP contribution >= 0.6 is 0 Å². The molecule has 1 saturated carbocycles. The Labute approximate surface area is 189 Å². The fourth-order valence-corrected chi connectivity index (χ4v) is 4.51. The van der Waals surface area contributed by atoms with Crippen LogP contribution in [0.5, 0.6) is 0 Å². The molecule has 168 valence electrons. The third kappa shape index (κ3) is 8.83. The van der Waals surface area contributed by atoms with Crippen molar-refractivity contribution in [1.29, 1.82) is 5.26 Å². The fourth-order valence-electron chi connectivity index (χ4n) is 4.51. The molecule has 2 nitrogen and oxygen atoms in total. The predicted octanol–water partition coefficient (Wildman–Crippen LogP) is 7.10. The van der Waals surface area contributed by atoms with Gasteiger partial charge in [0, 0.05) is 19.5 Å². The summed E-state index contributed by atoms with van der Waals surface area (Å²) in [6, 6.07) is 22.3. The van der Waals surface area contributed by atoms with Crippen LogP contribution in [0.2, 0.25) is 0 Å². The lowest BCUT2D eigenvalue weighted by atomic mass is 9.83. The number of benzene rings is 2. The van der Waals surface area contributed by atoms with Crippen molar-refractivity contribution in [3.63, 3.8) is 0 Å². The number of hydrogen-bond acceptors (Lipinski definition) is 2. The van der Waals surface area contributed by atoms with Crippen molar-refractivity contribution in [3.05, 3.63) is 71.3 Å². The summed E-state index contributed by atoms with van der Waals surface area (Å²) in [5, 5.41) is 7.32. The molecule has 0 amide bonds. The lowest BCUT2D eigenvalue weighted by molar-refractivity contribution is 0.212. The van der Waals surface area contributed by atoms with Crippen molar-refractivity contribution in [2.45, 2.75) is 83.8 Å². The van der Waals surface area contributed by atoms with Gasteiger partial charge in [-0.05, 0) is 81.0 Å². The standard InChI is InChI=1S/C26H36FN.C2H3N/c1-3-28(20-19-22-7-5-4-6-8-22)21(2)9-10-23-11-13-24(14-12-23)25-15-17-26(27)18-16-25;1-2-3/h4-8,11-14,21,25-26H,3,9-10,15-20H2,1-2H3;1H3. The Morgan fingerprint density at radius 2 is 1.55 bits per heavy atom. The van der Waals surface area contributed by atoms with Gasteiger partial charge < -0.3 is 4.90 Å². The monoisotopic (exact) mass is 422 g/mol. The zero-order chi connectivity index (χ0) is 22.5. The van der Waals surface area contributed by atoms with Crippen LogP contribution in [0.3, 0.4) is 0 Å². The maximum absolute atomic E-state index is 13.4. The van der Waals surface area contributed by atoms with Gasteiger partial charge in [0.05, 0.1) is 6.07 Å². The van der Waals surface area contributed by atoms with Gasteiger partial charge in [-0.25, -0.2) is 4.39 Å². The molecule has 0 aromatic heterocycles. The van der Waals surface area contributed by atoms with Crippen LogP contribution < -0.4 is 0 Å². The number of halogens is 1. The topological polar surface area (TPSA) is 27.0 Å². The first-order valence-corrected chi connectivity index (χ1v) is 11.9. The van der Waals surface area contributed by atoms with E-state index in [1.807, 2.05) is 0 Å². The van der Waals surface area contributed by atoms with Crippen LogP contribution in [0.25, 0.3) is 0 Å². The normalized spacial score (nSPS) is 19.2. The molecule has 1 unspecified atom stereocenters. The highest BCUT2D eigenvalue weighted by atomic mass is 19.1. The minimum atomic E-state index is -0.569. The van der Waals surface area contributed by atoms with E-state index >= 15 is 0 Å². The molecule has 1 aliphatic rings. The smallest absolute Gasteiger partial charge is 0.100 e. The Morgan fingerprint density at radius 1 is 0.968 bits per heavy atom. The van der Waals surface area contributed by atoms with Crippen LogP contribution in [0.1, 0.15) is 75.5 Å². The molecule has 2 aromatic rings. The van der Waals surface area contributed by atoms with Crippen LogP contribution in [-0.2, 0) is 12.8 Å². The van der Waals surface area contributed by atoms with Crippen molar-refractivity contribution < 1.29 is 4.39 Å². The lowest BCUT2D eigenvalue weighted by Crippen LogP contribution is -2.35. The van der Waals surface area contributed by atoms with E-state index in [1.165, 1.54) is 30.0 Å². The summed E-state index contributed by atoms with van der Waals surface area (Å²) in [6.07, 6.45) is 6.35. The molecule has 31 heavy (non-hydrogen) atoms. The summed E-state index contributed by atoms with van der Waals surface area (Å²) >= 11 is 0. The van der Waals surface area contributed by atoms with Crippen molar-refractivity contribution in [2.24, 2.45) is 0 Å². The number of nitrogens with zero attached hydrogens (tertiary/aromatic N) is 2. The number of rotatable bonds is 9. The second-order valence-corrected chi connectivity index (χ2v) is 8.67. The molecular weight excluding hydrogens is 383 g/mol. The van der Waals surface area contributed by atoms with Gasteiger partial charge in [0.1, 0.15) is 6.17 Å². The van der Waals surface area contributed by atoms with E-state index in [1.54, 1.807) is 6.07 Å². The minimum Gasteiger partial charge on any atom is -0.301 e. The molecule has 0 bridgehead atoms. The molecule has 0 saturated heterocycles. The quantitative estimate of drug-likeness (QED) is 0.431. The fraction of sp³-hybridized carbons (Fsp3) is 0.536. The summed E-state index contributed by atoms with van der Waals surface area (Å²) < 4.78 is 13.4. The summed E-state index contributed by atoms with van der Waals surface area (Å²) in [5.41, 5.74) is 4.25. The summed E-state index contributed by atoms with van der Waals surface area (Å²) in [4.78, 5) is 2.59. The van der Waals surface area contributed by atoms with E-state index in [-0.39, 0.29) is 0 Å². The number of hydrogen-bond donors (Lipinski definition) is 0. The Kier molecular flexibility index (Phi) is 11.3. The Bertz CT molecular complexity index is 758. The van der Waals surface area contributed by atoms with Gasteiger partial charge in [-0.15, -0.1) is 0 Å². The lowest BCUT2D eigenvalue weighted by Gasteiger charge is -2.28. The maximum Gasteiger partial charge on any atom is 0.100 e. The molecule has 0 radical (unpaired) electrons. The first-order valence-electron chi connectivity index (χ1n) is 11.9. The van der Waals surface area contributed by atoms with Gasteiger partial charge >= 0.3 is 0 Å². The third-order valence-electron chi connectivity index (χ3n) is 6.52. The van der Waals surface area contributed by atoms with Crippen molar-refractivity contribution >= 4 is 0 Å². The predicted molar refractivity (Wildman–Crippen MR) is 129 cm³/mol. The zero-order valence-electron chi connectivity index (χ0n) is 19.6. The zero-order valence-corrected chi connectivity index (χ0v) is 19.6. The average molecular weight is 423 g/mol. The van der Waals surface area contributed by atoms with Gasteiger partial charge in [-0.1, -0.05) is 61.5 Å². The highest BCUT2D eigenvalue weighted by Crippen LogP contribution is 2.34. The van der Waals surface area contributed by atoms with E-state index in [9.17, 15) is 4.39 Å². The first kappa shape index (κ1) is 25.1. The van der Waals surface area contributed by atoms with E-state index < -0.39 is 6.17 Å². The van der Waals surface area contributed by atoms with E-state index in [2.05, 4.69) is 73.3 Å². The van der Waals surface area contributed by atoms with Gasteiger partial charge in [-0.3, -0.25) is 0 Å². The number of likely N-dealkylation sites (N-methyl/N-ethyl adjacent to an activating group) is 1. The molecule has 0 spiro atoms. The summed E-state index contributed by atoms with van der Waals surface area (Å²) in [6.45, 7) is 8.28. The first-order chi connectivity index (χ1) is 15.1. The van der Waals surface area contributed by atoms with E-state index in [0.717, 1.165) is 51.6 Å². The van der Waals surface area contributed by atoms with Crippen LogP contribution in [0, 0.1) is 11.3 Å². The second-order valence-electron chi connectivity index (χ2n) is 8.67. The number of alkyl halides is 1. The number of aryl methyl sites for hydroxylation is 1. The molecule has 0 aliphatic heterocycles. The highest BCUT2D eigenvalue weighted by Gasteiger charge is 2.21. The van der Waals surface area contributed by atoms with Gasteiger partial charge in [0.2, 0.25) is 0 Å². The summed E-state index contributed by atoms with van der Waals surface area (Å²) in [7, 11) is 0. The Hall–Kier alpha value is -2.18. The van der Waals surface area contributed by atoms with Gasteiger partial charge in [0.25, 0.3) is 0 Å². The largest absolute Gasteiger partial charge is 0.301 e. The van der Waals surface area contributed by atoms with Gasteiger partial charge in [0.15, 0.2) is 0 Å². The molecule has 1 atom stereocenters. The molecule has 0 heterocycles. The van der Waals surface area contributed by atoms with Crippen molar-refractivity contribution in [3.8, 4) is 6.07 Å². The molecule has 3 rings (SSSR count). The molecule has 2 aromatic carbocycles. The van der Waals surface area contributed by atoms with Crippen molar-refractivity contribution in [2.75, 3.05) is 13.1 Å². The van der Waals surface area contributed by atoms with Crippen molar-refractivity contribution in [1.82, 2.24) is 4.90 Å². The highest BCUT2D eigenvalue weighted by molar-refractivity contribution is 5.26. The Morgan fingerprint density at radius 3 is 2.13 bits per heavy atom. The maximum atomic E-state index is 13.4. The molecule has 1 fully saturated rings. The third-order valence-corrected chi connectivity index (χ3v) is 6.52. The van der Waals surface area contributed by atoms with E-state index in [4.69, 9.17) is 5.26 Å². The number of nitriles is 1. The molecule has 3 heteroatoms. The van der Waals surface area contributed by atoms with E-state index in [0.29, 0.717) is 12.0 Å². The second kappa shape index (κ2) is 14.0. The summed E-state index contributed by atoms with van der Waals surface area (Å²) in [5.74, 6) is 0.563. The molecular formula is C28H39FN2. The average Bonchev–Trinajstić information content (AvgIpc) is 2.80. The van der Waals surface area contributed by atoms with Gasteiger partial charge in [-0.2, -0.15) is 5.26 Å².